The normalized spacial score (nSPS) is 14.3. The van der Waals surface area contributed by atoms with Crippen LogP contribution in [0.5, 0.6) is 5.75 Å². The van der Waals surface area contributed by atoms with Crippen LogP contribution in [-0.4, -0.2) is 19.7 Å². The first-order valence-corrected chi connectivity index (χ1v) is 6.88. The lowest BCUT2D eigenvalue weighted by Gasteiger charge is -2.12. The van der Waals surface area contributed by atoms with Gasteiger partial charge in [0.1, 0.15) is 11.4 Å². The fourth-order valence-corrected chi connectivity index (χ4v) is 1.95. The predicted octanol–water partition coefficient (Wildman–Crippen LogP) is 3.30. The number of hydrogen-bond donors (Lipinski definition) is 1. The fraction of sp³-hybridized carbons (Fsp3) is 0.235. The van der Waals surface area contributed by atoms with Gasteiger partial charge in [-0.3, -0.25) is 0 Å². The minimum atomic E-state index is -0.359. The van der Waals surface area contributed by atoms with Crippen LogP contribution < -0.4 is 10.1 Å². The summed E-state index contributed by atoms with van der Waals surface area (Å²) in [6, 6.07) is 7.37. The van der Waals surface area contributed by atoms with E-state index in [0.717, 1.165) is 11.4 Å². The van der Waals surface area contributed by atoms with E-state index in [1.807, 2.05) is 54.6 Å². The summed E-state index contributed by atoms with van der Waals surface area (Å²) in [6.07, 6.45) is 9.78. The maximum absolute atomic E-state index is 12.0. The zero-order chi connectivity index (χ0) is 15.1. The molecule has 0 radical (unpaired) electrons. The first-order chi connectivity index (χ1) is 10.2. The Morgan fingerprint density at radius 3 is 2.48 bits per heavy atom. The molecule has 0 unspecified atom stereocenters. The van der Waals surface area contributed by atoms with Crippen LogP contribution in [0.25, 0.3) is 0 Å². The smallest absolute Gasteiger partial charge is 0.354 e. The number of benzene rings is 1. The van der Waals surface area contributed by atoms with Gasteiger partial charge in [-0.05, 0) is 37.3 Å². The van der Waals surface area contributed by atoms with Crippen molar-refractivity contribution in [1.29, 1.82) is 0 Å². The Hall–Kier alpha value is -2.49. The Morgan fingerprint density at radius 2 is 1.90 bits per heavy atom. The van der Waals surface area contributed by atoms with Crippen LogP contribution in [0.3, 0.4) is 0 Å². The van der Waals surface area contributed by atoms with Crippen LogP contribution in [0.1, 0.15) is 6.92 Å². The average Bonchev–Trinajstić information content (AvgIpc) is 3.00. The van der Waals surface area contributed by atoms with E-state index in [-0.39, 0.29) is 11.9 Å². The highest BCUT2D eigenvalue weighted by molar-refractivity contribution is 5.92. The van der Waals surface area contributed by atoms with Gasteiger partial charge in [0.05, 0.1) is 13.7 Å². The molecule has 0 aromatic heterocycles. The Bertz CT molecular complexity index is 558. The average molecular weight is 285 g/mol. The molecule has 0 saturated heterocycles. The summed E-state index contributed by atoms with van der Waals surface area (Å²) in [7, 11) is 1.62. The summed E-state index contributed by atoms with van der Waals surface area (Å²) < 4.78 is 10.2. The summed E-state index contributed by atoms with van der Waals surface area (Å²) in [5.74, 6) is 0.515. The second-order valence-corrected chi connectivity index (χ2v) is 4.50. The Labute approximate surface area is 124 Å². The number of nitrogens with one attached hydrogen (secondary N) is 1. The molecule has 1 aliphatic carbocycles. The van der Waals surface area contributed by atoms with E-state index in [1.54, 1.807) is 14.0 Å². The Balaban J connectivity index is 2.16. The molecule has 1 aromatic carbocycles. The fourth-order valence-electron chi connectivity index (χ4n) is 1.95. The molecule has 0 spiro atoms. The number of rotatable bonds is 6. The quantitative estimate of drug-likeness (QED) is 0.643. The molecule has 1 aromatic rings. The molecule has 0 amide bonds. The van der Waals surface area contributed by atoms with Gasteiger partial charge in [0.15, 0.2) is 0 Å². The molecular formula is C17H19NO3. The Kier molecular flexibility index (Phi) is 5.21. The summed E-state index contributed by atoms with van der Waals surface area (Å²) in [6.45, 7) is 2.13. The van der Waals surface area contributed by atoms with Crippen molar-refractivity contribution in [3.05, 3.63) is 60.3 Å². The molecule has 0 bridgehead atoms. The summed E-state index contributed by atoms with van der Waals surface area (Å²) >= 11 is 0. The third-order valence-corrected chi connectivity index (χ3v) is 3.00. The lowest BCUT2D eigenvalue weighted by molar-refractivity contribution is -0.138. The molecule has 110 valence electrons. The molecule has 2 rings (SSSR count). The molecule has 0 aliphatic heterocycles. The third kappa shape index (κ3) is 4.24. The highest BCUT2D eigenvalue weighted by Gasteiger charge is 2.13. The number of anilines is 1. The van der Waals surface area contributed by atoms with Crippen molar-refractivity contribution in [2.75, 3.05) is 19.0 Å². The van der Waals surface area contributed by atoms with Crippen molar-refractivity contribution in [3.63, 3.8) is 0 Å². The SMILES string of the molecule is CCOC(=O)/C(=C/C1C=CC=C1)Nc1ccc(OC)cc1. The van der Waals surface area contributed by atoms with E-state index in [0.29, 0.717) is 12.3 Å². The van der Waals surface area contributed by atoms with Crippen LogP contribution in [-0.2, 0) is 9.53 Å². The zero-order valence-corrected chi connectivity index (χ0v) is 12.2. The van der Waals surface area contributed by atoms with Crippen LogP contribution in [0.15, 0.2) is 60.3 Å². The van der Waals surface area contributed by atoms with E-state index < -0.39 is 0 Å². The molecule has 4 nitrogen and oxygen atoms in total. The van der Waals surface area contributed by atoms with Crippen LogP contribution >= 0.6 is 0 Å². The van der Waals surface area contributed by atoms with E-state index >= 15 is 0 Å². The number of carbonyl (C=O) groups is 1. The van der Waals surface area contributed by atoms with Gasteiger partial charge in [0.2, 0.25) is 0 Å². The minimum absolute atomic E-state index is 0.107. The first-order valence-electron chi connectivity index (χ1n) is 6.88. The molecule has 0 fully saturated rings. The largest absolute Gasteiger partial charge is 0.497 e. The second kappa shape index (κ2) is 7.33. The molecule has 0 saturated carbocycles. The Morgan fingerprint density at radius 1 is 1.24 bits per heavy atom. The van der Waals surface area contributed by atoms with Crippen molar-refractivity contribution in [2.24, 2.45) is 5.92 Å². The van der Waals surface area contributed by atoms with E-state index in [2.05, 4.69) is 5.32 Å². The van der Waals surface area contributed by atoms with Crippen LogP contribution in [0.2, 0.25) is 0 Å². The third-order valence-electron chi connectivity index (χ3n) is 3.00. The second-order valence-electron chi connectivity index (χ2n) is 4.50. The summed E-state index contributed by atoms with van der Waals surface area (Å²) in [5, 5.41) is 3.11. The highest BCUT2D eigenvalue weighted by Crippen LogP contribution is 2.19. The monoisotopic (exact) mass is 285 g/mol. The van der Waals surface area contributed by atoms with Gasteiger partial charge in [0, 0.05) is 11.6 Å². The summed E-state index contributed by atoms with van der Waals surface area (Å²) in [4.78, 5) is 12.0. The minimum Gasteiger partial charge on any atom is -0.497 e. The van der Waals surface area contributed by atoms with Crippen molar-refractivity contribution in [3.8, 4) is 5.75 Å². The van der Waals surface area contributed by atoms with Crippen molar-refractivity contribution < 1.29 is 14.3 Å². The molecule has 21 heavy (non-hydrogen) atoms. The van der Waals surface area contributed by atoms with Gasteiger partial charge in [-0.15, -0.1) is 0 Å². The van der Waals surface area contributed by atoms with Gasteiger partial charge in [-0.2, -0.15) is 0 Å². The van der Waals surface area contributed by atoms with Crippen LogP contribution in [0, 0.1) is 5.92 Å². The predicted molar refractivity (Wildman–Crippen MR) is 83.1 cm³/mol. The van der Waals surface area contributed by atoms with E-state index in [9.17, 15) is 4.79 Å². The topological polar surface area (TPSA) is 47.6 Å². The molecular weight excluding hydrogens is 266 g/mol. The van der Waals surface area contributed by atoms with Crippen molar-refractivity contribution >= 4 is 11.7 Å². The highest BCUT2D eigenvalue weighted by atomic mass is 16.5. The van der Waals surface area contributed by atoms with E-state index in [4.69, 9.17) is 9.47 Å². The van der Waals surface area contributed by atoms with Crippen molar-refractivity contribution in [1.82, 2.24) is 0 Å². The van der Waals surface area contributed by atoms with Gasteiger partial charge in [-0.25, -0.2) is 4.79 Å². The number of carbonyl (C=O) groups excluding carboxylic acids is 1. The van der Waals surface area contributed by atoms with E-state index in [1.165, 1.54) is 0 Å². The van der Waals surface area contributed by atoms with Crippen molar-refractivity contribution in [2.45, 2.75) is 6.92 Å². The lowest BCUT2D eigenvalue weighted by Crippen LogP contribution is -2.15. The summed E-state index contributed by atoms with van der Waals surface area (Å²) in [5.41, 5.74) is 1.24. The number of methoxy groups -OCH3 is 1. The number of esters is 1. The van der Waals surface area contributed by atoms with Gasteiger partial charge in [-0.1, -0.05) is 24.3 Å². The first kappa shape index (κ1) is 14.9. The number of hydrogen-bond acceptors (Lipinski definition) is 4. The molecule has 1 aliphatic rings. The van der Waals surface area contributed by atoms with Gasteiger partial charge < -0.3 is 14.8 Å². The number of allylic oxidation sites excluding steroid dienone is 5. The molecule has 4 heteroatoms. The van der Waals surface area contributed by atoms with Gasteiger partial charge >= 0.3 is 5.97 Å². The lowest BCUT2D eigenvalue weighted by atomic mass is 10.1. The maximum atomic E-state index is 12.0. The molecule has 1 N–H and O–H groups in total. The van der Waals surface area contributed by atoms with Gasteiger partial charge in [0.25, 0.3) is 0 Å². The molecule has 0 atom stereocenters. The maximum Gasteiger partial charge on any atom is 0.354 e. The van der Waals surface area contributed by atoms with Crippen LogP contribution in [0.4, 0.5) is 5.69 Å². The number of ether oxygens (including phenoxy) is 2. The standard InChI is InChI=1S/C17H19NO3/c1-3-21-17(19)16(12-13-6-4-5-7-13)18-14-8-10-15(20-2)11-9-14/h4-13,18H,3H2,1-2H3/b16-12-. The zero-order valence-electron chi connectivity index (χ0n) is 12.2. The molecule has 0 heterocycles.